The van der Waals surface area contributed by atoms with Crippen molar-refractivity contribution >= 4 is 23.6 Å². The fourth-order valence-electron chi connectivity index (χ4n) is 5.81. The Balaban J connectivity index is 0.937. The summed E-state index contributed by atoms with van der Waals surface area (Å²) in [5, 5.41) is 0.369. The molecule has 1 saturated heterocycles. The number of hydrogen-bond donors (Lipinski definition) is 0. The summed E-state index contributed by atoms with van der Waals surface area (Å²) < 4.78 is 44.7. The van der Waals surface area contributed by atoms with Gasteiger partial charge in [0.1, 0.15) is 18.1 Å². The standard InChI is InChI=1S/C42H40ClF2N3O4/c1-29-6-13-35(14-7-29)50-23-18-31-8-10-32(11-9-31)27-47-19-21-48(22-20-47)40(49)17-12-33-24-30(2)42(37(43)25-33)52-39-16-15-36(26-46-39)51-28-34-4-3-5-38(44)41(34)45/h3-17,24-26H,18-23,27-28H2,1-2H3/b17-12+. The average molecular weight is 724 g/mol. The van der Waals surface area contributed by atoms with Crippen molar-refractivity contribution < 1.29 is 27.8 Å². The molecule has 0 N–H and O–H groups in total. The largest absolute Gasteiger partial charge is 0.493 e. The van der Waals surface area contributed by atoms with E-state index in [9.17, 15) is 13.6 Å². The number of nitrogens with zero attached hydrogens (tertiary/aromatic N) is 3. The van der Waals surface area contributed by atoms with Gasteiger partial charge in [0, 0.05) is 56.9 Å². The van der Waals surface area contributed by atoms with Gasteiger partial charge in [-0.3, -0.25) is 9.69 Å². The van der Waals surface area contributed by atoms with Crippen molar-refractivity contribution in [2.75, 3.05) is 32.8 Å². The molecule has 0 saturated carbocycles. The molecule has 0 aliphatic carbocycles. The predicted molar refractivity (Wildman–Crippen MR) is 199 cm³/mol. The number of aryl methyl sites for hydroxylation is 2. The summed E-state index contributed by atoms with van der Waals surface area (Å²) in [5.74, 6) is 0.0677. The topological polar surface area (TPSA) is 64.1 Å². The Kier molecular flexibility index (Phi) is 12.2. The maximum absolute atomic E-state index is 13.9. The minimum Gasteiger partial charge on any atom is -0.493 e. The number of ether oxygens (including phenoxy) is 3. The summed E-state index contributed by atoms with van der Waals surface area (Å²) in [6.07, 6.45) is 5.62. The molecule has 5 aromatic rings. The van der Waals surface area contributed by atoms with Gasteiger partial charge in [0.15, 0.2) is 17.4 Å². The highest BCUT2D eigenvalue weighted by Gasteiger charge is 2.20. The van der Waals surface area contributed by atoms with Crippen molar-refractivity contribution in [1.82, 2.24) is 14.8 Å². The van der Waals surface area contributed by atoms with Crippen LogP contribution in [0.2, 0.25) is 5.02 Å². The second kappa shape index (κ2) is 17.3. The second-order valence-corrected chi connectivity index (χ2v) is 13.2. The number of pyridine rings is 1. The Hall–Kier alpha value is -5.25. The van der Waals surface area contributed by atoms with Gasteiger partial charge < -0.3 is 19.1 Å². The van der Waals surface area contributed by atoms with E-state index in [1.54, 1.807) is 30.4 Å². The fourth-order valence-corrected chi connectivity index (χ4v) is 6.12. The predicted octanol–water partition coefficient (Wildman–Crippen LogP) is 8.98. The van der Waals surface area contributed by atoms with E-state index in [0.717, 1.165) is 49.0 Å². The van der Waals surface area contributed by atoms with Crippen LogP contribution in [-0.4, -0.2) is 53.5 Å². The molecule has 52 heavy (non-hydrogen) atoms. The molecule has 1 aliphatic heterocycles. The number of carbonyl (C=O) groups is 1. The smallest absolute Gasteiger partial charge is 0.246 e. The van der Waals surface area contributed by atoms with Gasteiger partial charge in [-0.25, -0.2) is 13.8 Å². The van der Waals surface area contributed by atoms with E-state index in [2.05, 4.69) is 53.2 Å². The lowest BCUT2D eigenvalue weighted by molar-refractivity contribution is -0.127. The maximum Gasteiger partial charge on any atom is 0.246 e. The molecule has 0 atom stereocenters. The van der Waals surface area contributed by atoms with Crippen molar-refractivity contribution in [2.45, 2.75) is 33.4 Å². The van der Waals surface area contributed by atoms with E-state index in [0.29, 0.717) is 36.2 Å². The maximum atomic E-state index is 13.9. The fraction of sp³-hybridized carbons (Fsp3) is 0.238. The molecule has 0 radical (unpaired) electrons. The van der Waals surface area contributed by atoms with Crippen molar-refractivity contribution in [3.05, 3.63) is 153 Å². The van der Waals surface area contributed by atoms with Gasteiger partial charge in [-0.2, -0.15) is 0 Å². The van der Waals surface area contributed by atoms with Crippen LogP contribution in [0.3, 0.4) is 0 Å². The lowest BCUT2D eigenvalue weighted by Gasteiger charge is -2.34. The van der Waals surface area contributed by atoms with Crippen LogP contribution in [0.25, 0.3) is 6.08 Å². The molecule has 1 aromatic heterocycles. The lowest BCUT2D eigenvalue weighted by atomic mass is 10.1. The van der Waals surface area contributed by atoms with Gasteiger partial charge in [0.2, 0.25) is 11.8 Å². The molecular formula is C42H40ClF2N3O4. The lowest BCUT2D eigenvalue weighted by Crippen LogP contribution is -2.47. The monoisotopic (exact) mass is 723 g/mol. The van der Waals surface area contributed by atoms with Crippen LogP contribution in [0.5, 0.6) is 23.1 Å². The number of aromatic nitrogens is 1. The van der Waals surface area contributed by atoms with E-state index in [-0.39, 0.29) is 24.0 Å². The van der Waals surface area contributed by atoms with Crippen molar-refractivity contribution in [2.24, 2.45) is 0 Å². The third kappa shape index (κ3) is 9.96. The Morgan fingerprint density at radius 2 is 1.60 bits per heavy atom. The summed E-state index contributed by atoms with van der Waals surface area (Å²) >= 11 is 6.58. The number of piperazine rings is 1. The van der Waals surface area contributed by atoms with E-state index in [4.69, 9.17) is 25.8 Å². The molecule has 10 heteroatoms. The molecule has 1 aliphatic rings. The van der Waals surface area contributed by atoms with Crippen LogP contribution < -0.4 is 14.2 Å². The van der Waals surface area contributed by atoms with Gasteiger partial charge in [-0.05, 0) is 78.6 Å². The zero-order valence-electron chi connectivity index (χ0n) is 29.2. The van der Waals surface area contributed by atoms with Gasteiger partial charge in [-0.15, -0.1) is 0 Å². The molecule has 0 bridgehead atoms. The first kappa shape index (κ1) is 36.5. The molecule has 7 nitrogen and oxygen atoms in total. The summed E-state index contributed by atoms with van der Waals surface area (Å²) in [7, 11) is 0. The summed E-state index contributed by atoms with van der Waals surface area (Å²) in [6.45, 7) is 8.17. The Labute approximate surface area is 308 Å². The molecule has 268 valence electrons. The Bertz CT molecular complexity index is 1970. The van der Waals surface area contributed by atoms with Crippen LogP contribution in [0, 0.1) is 25.5 Å². The average Bonchev–Trinajstić information content (AvgIpc) is 3.15. The highest BCUT2D eigenvalue weighted by atomic mass is 35.5. The minimum atomic E-state index is -0.938. The van der Waals surface area contributed by atoms with E-state index < -0.39 is 11.6 Å². The molecule has 6 rings (SSSR count). The first-order valence-corrected chi connectivity index (χ1v) is 17.5. The van der Waals surface area contributed by atoms with Crippen LogP contribution in [0.1, 0.15) is 33.4 Å². The van der Waals surface area contributed by atoms with Gasteiger partial charge in [0.05, 0.1) is 17.8 Å². The van der Waals surface area contributed by atoms with E-state index >= 15 is 0 Å². The van der Waals surface area contributed by atoms with Crippen LogP contribution in [-0.2, 0) is 24.4 Å². The van der Waals surface area contributed by atoms with Gasteiger partial charge >= 0.3 is 0 Å². The number of carbonyl (C=O) groups excluding carboxylic acids is 1. The normalized spacial score (nSPS) is 13.4. The third-order valence-corrected chi connectivity index (χ3v) is 9.09. The van der Waals surface area contributed by atoms with Gasteiger partial charge in [0.25, 0.3) is 0 Å². The van der Waals surface area contributed by atoms with Crippen molar-refractivity contribution in [3.63, 3.8) is 0 Å². The summed E-state index contributed by atoms with van der Waals surface area (Å²) in [4.78, 5) is 21.5. The highest BCUT2D eigenvalue weighted by molar-refractivity contribution is 6.32. The quantitative estimate of drug-likeness (QED) is 0.113. The molecule has 1 amide bonds. The Morgan fingerprint density at radius 3 is 2.31 bits per heavy atom. The number of rotatable bonds is 13. The summed E-state index contributed by atoms with van der Waals surface area (Å²) in [6, 6.07) is 27.6. The highest BCUT2D eigenvalue weighted by Crippen LogP contribution is 2.34. The van der Waals surface area contributed by atoms with Crippen LogP contribution in [0.4, 0.5) is 8.78 Å². The molecule has 0 spiro atoms. The first-order chi connectivity index (χ1) is 25.2. The zero-order chi connectivity index (χ0) is 36.5. The first-order valence-electron chi connectivity index (χ1n) is 17.2. The van der Waals surface area contributed by atoms with Crippen LogP contribution in [0.15, 0.2) is 103 Å². The molecule has 2 heterocycles. The number of hydrogen-bond acceptors (Lipinski definition) is 6. The van der Waals surface area contributed by atoms with E-state index in [1.165, 1.54) is 35.0 Å². The van der Waals surface area contributed by atoms with Gasteiger partial charge in [-0.1, -0.05) is 65.7 Å². The van der Waals surface area contributed by atoms with Crippen molar-refractivity contribution in [3.8, 4) is 23.1 Å². The van der Waals surface area contributed by atoms with Crippen molar-refractivity contribution in [1.29, 1.82) is 0 Å². The number of halogens is 3. The molecule has 4 aromatic carbocycles. The molecule has 1 fully saturated rings. The Morgan fingerprint density at radius 1 is 0.865 bits per heavy atom. The minimum absolute atomic E-state index is 0.0439. The SMILES string of the molecule is Cc1ccc(OCCc2ccc(CN3CCN(C(=O)/C=C/c4cc(C)c(Oc5ccc(OCc6cccc(F)c6F)cn5)c(Cl)c4)CC3)cc2)cc1. The van der Waals surface area contributed by atoms with E-state index in [1.807, 2.05) is 30.0 Å². The summed E-state index contributed by atoms with van der Waals surface area (Å²) in [5.41, 5.74) is 5.35. The number of benzene rings is 4. The molecule has 0 unspecified atom stereocenters. The second-order valence-electron chi connectivity index (χ2n) is 12.7. The number of amides is 1. The van der Waals surface area contributed by atoms with Crippen LogP contribution >= 0.6 is 11.6 Å². The third-order valence-electron chi connectivity index (χ3n) is 8.81. The molecular weight excluding hydrogens is 684 g/mol. The zero-order valence-corrected chi connectivity index (χ0v) is 29.9.